The molecule has 1 aromatic heterocycles. The number of guanidine groups is 1. The van der Waals surface area contributed by atoms with Gasteiger partial charge in [0.15, 0.2) is 23.3 Å². The maximum atomic E-state index is 5.27. The number of anilines is 1. The summed E-state index contributed by atoms with van der Waals surface area (Å²) in [5, 5.41) is 10.1. The fourth-order valence-electron chi connectivity index (χ4n) is 1.81. The molecule has 118 valence electrons. The molecule has 1 aromatic carbocycles. The summed E-state index contributed by atoms with van der Waals surface area (Å²) in [6.45, 7) is 2.15. The second kappa shape index (κ2) is 7.30. The highest BCUT2D eigenvalue weighted by Crippen LogP contribution is 2.29. The molecule has 22 heavy (non-hydrogen) atoms. The maximum Gasteiger partial charge on any atom is 0.223 e. The third-order valence-corrected chi connectivity index (χ3v) is 2.85. The predicted molar refractivity (Wildman–Crippen MR) is 82.4 cm³/mol. The van der Waals surface area contributed by atoms with Crippen LogP contribution in [0.1, 0.15) is 11.7 Å². The minimum Gasteiger partial charge on any atom is -0.493 e. The standard InChI is InChI=1S/C14H19N5O3/c1-9-17-13(19-22-9)8-16-14(15-2)18-10-5-6-11(20-3)12(7-10)21-4/h5-7H,8H2,1-4H3,(H2,15,16,18). The van der Waals surface area contributed by atoms with E-state index < -0.39 is 0 Å². The quantitative estimate of drug-likeness (QED) is 0.640. The van der Waals surface area contributed by atoms with Gasteiger partial charge in [-0.2, -0.15) is 4.98 Å². The van der Waals surface area contributed by atoms with Gasteiger partial charge >= 0.3 is 0 Å². The third-order valence-electron chi connectivity index (χ3n) is 2.85. The first-order valence-electron chi connectivity index (χ1n) is 6.65. The van der Waals surface area contributed by atoms with Crippen LogP contribution in [0, 0.1) is 6.92 Å². The Balaban J connectivity index is 2.01. The zero-order valence-electron chi connectivity index (χ0n) is 13.0. The van der Waals surface area contributed by atoms with Crippen molar-refractivity contribution >= 4 is 11.6 Å². The van der Waals surface area contributed by atoms with Crippen molar-refractivity contribution in [2.45, 2.75) is 13.5 Å². The fraction of sp³-hybridized carbons (Fsp3) is 0.357. The second-order valence-electron chi connectivity index (χ2n) is 4.35. The van der Waals surface area contributed by atoms with E-state index in [1.165, 1.54) is 0 Å². The van der Waals surface area contributed by atoms with Gasteiger partial charge in [0.05, 0.1) is 20.8 Å². The number of benzene rings is 1. The van der Waals surface area contributed by atoms with Gasteiger partial charge in [-0.1, -0.05) is 5.16 Å². The number of aromatic nitrogens is 2. The molecule has 0 saturated carbocycles. The van der Waals surface area contributed by atoms with E-state index in [4.69, 9.17) is 14.0 Å². The summed E-state index contributed by atoms with van der Waals surface area (Å²) in [5.41, 5.74) is 0.815. The number of hydrogen-bond acceptors (Lipinski definition) is 6. The van der Waals surface area contributed by atoms with Crippen LogP contribution in [0.4, 0.5) is 5.69 Å². The summed E-state index contributed by atoms with van der Waals surface area (Å²) in [6, 6.07) is 5.51. The van der Waals surface area contributed by atoms with E-state index in [0.29, 0.717) is 35.7 Å². The molecule has 2 N–H and O–H groups in total. The summed E-state index contributed by atoms with van der Waals surface area (Å²) in [4.78, 5) is 8.25. The van der Waals surface area contributed by atoms with Crippen molar-refractivity contribution in [1.29, 1.82) is 0 Å². The summed E-state index contributed by atoms with van der Waals surface area (Å²) < 4.78 is 15.4. The van der Waals surface area contributed by atoms with Crippen molar-refractivity contribution in [3.8, 4) is 11.5 Å². The summed E-state index contributed by atoms with van der Waals surface area (Å²) >= 11 is 0. The number of aliphatic imine (C=N–C) groups is 1. The highest BCUT2D eigenvalue weighted by Gasteiger charge is 2.07. The van der Waals surface area contributed by atoms with E-state index in [9.17, 15) is 0 Å². The topological polar surface area (TPSA) is 93.8 Å². The Bertz CT molecular complexity index is 654. The van der Waals surface area contributed by atoms with Crippen molar-refractivity contribution in [3.05, 3.63) is 29.9 Å². The van der Waals surface area contributed by atoms with Gasteiger partial charge in [-0.15, -0.1) is 0 Å². The van der Waals surface area contributed by atoms with Gasteiger partial charge in [-0.3, -0.25) is 4.99 Å². The maximum absolute atomic E-state index is 5.27. The lowest BCUT2D eigenvalue weighted by molar-refractivity contribution is 0.355. The number of ether oxygens (including phenoxy) is 2. The Hall–Kier alpha value is -2.77. The predicted octanol–water partition coefficient (Wildman–Crippen LogP) is 1.58. The van der Waals surface area contributed by atoms with E-state index in [2.05, 4.69) is 25.8 Å². The molecule has 0 spiro atoms. The molecule has 1 heterocycles. The lowest BCUT2D eigenvalue weighted by atomic mass is 10.3. The summed E-state index contributed by atoms with van der Waals surface area (Å²) in [6.07, 6.45) is 0. The molecular formula is C14H19N5O3. The molecule has 0 atom stereocenters. The Labute approximate surface area is 128 Å². The van der Waals surface area contributed by atoms with Crippen molar-refractivity contribution in [1.82, 2.24) is 15.5 Å². The molecule has 8 heteroatoms. The first kappa shape index (κ1) is 15.6. The van der Waals surface area contributed by atoms with Crippen LogP contribution in [-0.4, -0.2) is 37.4 Å². The zero-order valence-corrected chi connectivity index (χ0v) is 13.0. The molecule has 8 nitrogen and oxygen atoms in total. The molecule has 0 aliphatic carbocycles. The SMILES string of the molecule is CN=C(NCc1noc(C)n1)Nc1ccc(OC)c(OC)c1. The number of rotatable bonds is 5. The summed E-state index contributed by atoms with van der Waals surface area (Å²) in [5.74, 6) is 2.97. The first-order chi connectivity index (χ1) is 10.7. The summed E-state index contributed by atoms with van der Waals surface area (Å²) in [7, 11) is 4.86. The van der Waals surface area contributed by atoms with Crippen LogP contribution in [0.2, 0.25) is 0 Å². The van der Waals surface area contributed by atoms with Crippen molar-refractivity contribution in [3.63, 3.8) is 0 Å². The third kappa shape index (κ3) is 3.87. The van der Waals surface area contributed by atoms with Gasteiger partial charge in [0.2, 0.25) is 5.89 Å². The van der Waals surface area contributed by atoms with Crippen LogP contribution in [0.25, 0.3) is 0 Å². The van der Waals surface area contributed by atoms with Gasteiger partial charge < -0.3 is 24.6 Å². The molecule has 0 fully saturated rings. The van der Waals surface area contributed by atoms with Crippen LogP contribution in [0.15, 0.2) is 27.7 Å². The monoisotopic (exact) mass is 305 g/mol. The van der Waals surface area contributed by atoms with E-state index in [1.807, 2.05) is 18.2 Å². The van der Waals surface area contributed by atoms with E-state index in [1.54, 1.807) is 28.2 Å². The molecule has 0 aliphatic heterocycles. The second-order valence-corrected chi connectivity index (χ2v) is 4.35. The first-order valence-corrected chi connectivity index (χ1v) is 6.65. The van der Waals surface area contributed by atoms with Gasteiger partial charge in [0.1, 0.15) is 0 Å². The van der Waals surface area contributed by atoms with Crippen molar-refractivity contribution in [2.24, 2.45) is 4.99 Å². The molecule has 0 amide bonds. The molecule has 0 radical (unpaired) electrons. The van der Waals surface area contributed by atoms with Crippen LogP contribution in [0.5, 0.6) is 11.5 Å². The fourth-order valence-corrected chi connectivity index (χ4v) is 1.81. The number of hydrogen-bond donors (Lipinski definition) is 2. The highest BCUT2D eigenvalue weighted by atomic mass is 16.5. The minimum atomic E-state index is 0.407. The Morgan fingerprint density at radius 1 is 1.27 bits per heavy atom. The molecule has 0 unspecified atom stereocenters. The molecule has 2 rings (SSSR count). The highest BCUT2D eigenvalue weighted by molar-refractivity contribution is 5.93. The number of nitrogens with one attached hydrogen (secondary N) is 2. The largest absolute Gasteiger partial charge is 0.493 e. The van der Waals surface area contributed by atoms with Gasteiger partial charge in [-0.25, -0.2) is 0 Å². The minimum absolute atomic E-state index is 0.407. The molecule has 0 aliphatic rings. The van der Waals surface area contributed by atoms with Crippen LogP contribution in [-0.2, 0) is 6.54 Å². The smallest absolute Gasteiger partial charge is 0.223 e. The Morgan fingerprint density at radius 2 is 2.05 bits per heavy atom. The van der Waals surface area contributed by atoms with Gasteiger partial charge in [0.25, 0.3) is 0 Å². The average molecular weight is 305 g/mol. The van der Waals surface area contributed by atoms with Crippen LogP contribution >= 0.6 is 0 Å². The van der Waals surface area contributed by atoms with Crippen LogP contribution in [0.3, 0.4) is 0 Å². The molecule has 0 saturated heterocycles. The van der Waals surface area contributed by atoms with Gasteiger partial charge in [0, 0.05) is 25.7 Å². The molecule has 0 bridgehead atoms. The molecule has 2 aromatic rings. The van der Waals surface area contributed by atoms with E-state index >= 15 is 0 Å². The van der Waals surface area contributed by atoms with Crippen molar-refractivity contribution in [2.75, 3.05) is 26.6 Å². The van der Waals surface area contributed by atoms with Crippen molar-refractivity contribution < 1.29 is 14.0 Å². The van der Waals surface area contributed by atoms with E-state index in [0.717, 1.165) is 5.69 Å². The average Bonchev–Trinajstić information content (AvgIpc) is 2.96. The number of nitrogens with zero attached hydrogens (tertiary/aromatic N) is 3. The lowest BCUT2D eigenvalue weighted by Gasteiger charge is -2.13. The zero-order chi connectivity index (χ0) is 15.9. The molecular weight excluding hydrogens is 286 g/mol. The number of methoxy groups -OCH3 is 2. The van der Waals surface area contributed by atoms with E-state index in [-0.39, 0.29) is 0 Å². The number of aryl methyl sites for hydroxylation is 1. The van der Waals surface area contributed by atoms with Gasteiger partial charge in [-0.05, 0) is 12.1 Å². The normalized spacial score (nSPS) is 11.2. The Morgan fingerprint density at radius 3 is 2.64 bits per heavy atom. The lowest BCUT2D eigenvalue weighted by Crippen LogP contribution is -2.30. The van der Waals surface area contributed by atoms with Crippen LogP contribution < -0.4 is 20.1 Å². The Kier molecular flexibility index (Phi) is 5.18.